The minimum absolute atomic E-state index is 0.00586. The van der Waals surface area contributed by atoms with Gasteiger partial charge in [-0.3, -0.25) is 0 Å². The fourth-order valence-corrected chi connectivity index (χ4v) is 5.07. The van der Waals surface area contributed by atoms with Crippen molar-refractivity contribution in [3.05, 3.63) is 119 Å². The predicted octanol–water partition coefficient (Wildman–Crippen LogP) is 7.73. The quantitative estimate of drug-likeness (QED) is 0.277. The zero-order chi connectivity index (χ0) is 23.7. The van der Waals surface area contributed by atoms with Crippen LogP contribution in [-0.2, 0) is 7.05 Å². The molecule has 0 spiro atoms. The van der Waals surface area contributed by atoms with E-state index in [0.29, 0.717) is 0 Å². The number of aryl methyl sites for hydroxylation is 1. The van der Waals surface area contributed by atoms with Crippen LogP contribution in [-0.4, -0.2) is 18.7 Å². The lowest BCUT2D eigenvalue weighted by molar-refractivity contribution is 0.414. The summed E-state index contributed by atoms with van der Waals surface area (Å²) in [6.07, 6.45) is 0. The van der Waals surface area contributed by atoms with Crippen LogP contribution in [0, 0.1) is 0 Å². The molecular formula is C30H27ClN2O. The average Bonchev–Trinajstić information content (AvgIpc) is 3.17. The third-order valence-corrected chi connectivity index (χ3v) is 6.79. The van der Waals surface area contributed by atoms with Gasteiger partial charge in [0.1, 0.15) is 5.75 Å². The van der Waals surface area contributed by atoms with Crippen LogP contribution in [0.15, 0.2) is 97.1 Å². The number of fused-ring (bicyclic) bond motifs is 1. The van der Waals surface area contributed by atoms with Gasteiger partial charge in [0, 0.05) is 41.6 Å². The summed E-state index contributed by atoms with van der Waals surface area (Å²) >= 11 is 6.25. The highest BCUT2D eigenvalue weighted by Gasteiger charge is 2.28. The maximum atomic E-state index is 6.25. The summed E-state index contributed by atoms with van der Waals surface area (Å²) in [4.78, 5) is 0. The van der Waals surface area contributed by atoms with Crippen molar-refractivity contribution >= 4 is 28.2 Å². The number of benzene rings is 4. The van der Waals surface area contributed by atoms with Crippen molar-refractivity contribution < 1.29 is 4.74 Å². The Balaban J connectivity index is 1.87. The number of anilines is 1. The number of para-hydroxylation sites is 2. The monoisotopic (exact) mass is 466 g/mol. The molecular weight excluding hydrogens is 440 g/mol. The number of hydrogen-bond donors (Lipinski definition) is 1. The zero-order valence-electron chi connectivity index (χ0n) is 19.5. The zero-order valence-corrected chi connectivity index (χ0v) is 20.3. The van der Waals surface area contributed by atoms with E-state index in [0.717, 1.165) is 22.0 Å². The molecule has 4 aromatic carbocycles. The molecule has 1 atom stereocenters. The van der Waals surface area contributed by atoms with Gasteiger partial charge in [0.15, 0.2) is 0 Å². The van der Waals surface area contributed by atoms with Crippen LogP contribution in [0.2, 0.25) is 5.02 Å². The smallest absolute Gasteiger partial charge is 0.118 e. The van der Waals surface area contributed by atoms with Crippen LogP contribution in [0.25, 0.3) is 22.2 Å². The van der Waals surface area contributed by atoms with E-state index >= 15 is 0 Å². The first-order chi connectivity index (χ1) is 16.6. The largest absolute Gasteiger partial charge is 0.497 e. The van der Waals surface area contributed by atoms with Crippen LogP contribution in [0.3, 0.4) is 0 Å². The number of ether oxygens (including phenoxy) is 1. The van der Waals surface area contributed by atoms with Crippen LogP contribution >= 0.6 is 11.6 Å². The van der Waals surface area contributed by atoms with Gasteiger partial charge in [-0.05, 0) is 58.7 Å². The van der Waals surface area contributed by atoms with Gasteiger partial charge in [-0.15, -0.1) is 0 Å². The van der Waals surface area contributed by atoms with E-state index in [1.807, 2.05) is 31.3 Å². The Labute approximate surface area is 205 Å². The lowest BCUT2D eigenvalue weighted by atomic mass is 9.81. The second-order valence-electron chi connectivity index (χ2n) is 8.39. The third kappa shape index (κ3) is 3.82. The van der Waals surface area contributed by atoms with E-state index in [2.05, 4.69) is 89.7 Å². The van der Waals surface area contributed by atoms with E-state index in [9.17, 15) is 0 Å². The maximum absolute atomic E-state index is 6.25. The Morgan fingerprint density at radius 3 is 2.21 bits per heavy atom. The van der Waals surface area contributed by atoms with Crippen LogP contribution in [0.5, 0.6) is 5.75 Å². The molecule has 0 saturated heterocycles. The van der Waals surface area contributed by atoms with E-state index < -0.39 is 0 Å². The molecule has 0 saturated carbocycles. The molecule has 0 aliphatic rings. The van der Waals surface area contributed by atoms with E-state index in [1.54, 1.807) is 7.11 Å². The lowest BCUT2D eigenvalue weighted by Crippen LogP contribution is -2.08. The molecule has 4 heteroatoms. The molecule has 1 heterocycles. The normalized spacial score (nSPS) is 12.0. The summed E-state index contributed by atoms with van der Waals surface area (Å²) in [5.74, 6) is 0.853. The van der Waals surface area contributed by atoms with Gasteiger partial charge in [0.2, 0.25) is 0 Å². The van der Waals surface area contributed by atoms with Crippen molar-refractivity contribution in [3.63, 3.8) is 0 Å². The number of aromatic nitrogens is 1. The Morgan fingerprint density at radius 1 is 0.824 bits per heavy atom. The molecule has 170 valence electrons. The van der Waals surface area contributed by atoms with Crippen molar-refractivity contribution in [1.82, 2.24) is 4.57 Å². The first-order valence-electron chi connectivity index (χ1n) is 11.4. The fraction of sp³-hybridized carbons (Fsp3) is 0.133. The van der Waals surface area contributed by atoms with Gasteiger partial charge in [0.05, 0.1) is 12.8 Å². The van der Waals surface area contributed by atoms with Gasteiger partial charge < -0.3 is 14.6 Å². The Kier molecular flexibility index (Phi) is 6.04. The minimum atomic E-state index is 0.00586. The molecule has 5 rings (SSSR count). The van der Waals surface area contributed by atoms with Gasteiger partial charge in [-0.1, -0.05) is 72.3 Å². The molecule has 5 aromatic rings. The van der Waals surface area contributed by atoms with Gasteiger partial charge >= 0.3 is 0 Å². The van der Waals surface area contributed by atoms with Crippen molar-refractivity contribution in [1.29, 1.82) is 0 Å². The van der Waals surface area contributed by atoms with Crippen molar-refractivity contribution in [2.24, 2.45) is 7.05 Å². The summed E-state index contributed by atoms with van der Waals surface area (Å²) < 4.78 is 7.75. The summed E-state index contributed by atoms with van der Waals surface area (Å²) in [7, 11) is 5.82. The molecule has 0 unspecified atom stereocenters. The molecule has 0 aliphatic heterocycles. The number of hydrogen-bond acceptors (Lipinski definition) is 2. The fourth-order valence-electron chi connectivity index (χ4n) is 4.95. The molecule has 0 radical (unpaired) electrons. The topological polar surface area (TPSA) is 26.2 Å². The number of methoxy groups -OCH3 is 1. The van der Waals surface area contributed by atoms with Crippen molar-refractivity contribution in [2.45, 2.75) is 5.92 Å². The highest BCUT2D eigenvalue weighted by atomic mass is 35.5. The van der Waals surface area contributed by atoms with Gasteiger partial charge in [0.25, 0.3) is 0 Å². The summed E-state index contributed by atoms with van der Waals surface area (Å²) in [6, 6.07) is 33.7. The number of nitrogens with zero attached hydrogens (tertiary/aromatic N) is 1. The molecule has 1 aromatic heterocycles. The first kappa shape index (κ1) is 22.1. The number of nitrogens with one attached hydrogen (secondary N) is 1. The molecule has 34 heavy (non-hydrogen) atoms. The maximum Gasteiger partial charge on any atom is 0.118 e. The van der Waals surface area contributed by atoms with E-state index in [1.165, 1.54) is 33.3 Å². The molecule has 1 N–H and O–H groups in total. The Morgan fingerprint density at radius 2 is 1.50 bits per heavy atom. The number of rotatable bonds is 6. The Bertz CT molecular complexity index is 1440. The van der Waals surface area contributed by atoms with Gasteiger partial charge in [-0.25, -0.2) is 0 Å². The van der Waals surface area contributed by atoms with Gasteiger partial charge in [-0.2, -0.15) is 0 Å². The molecule has 3 nitrogen and oxygen atoms in total. The second kappa shape index (κ2) is 9.28. The molecule has 0 bridgehead atoms. The first-order valence-corrected chi connectivity index (χ1v) is 11.7. The van der Waals surface area contributed by atoms with Crippen LogP contribution in [0.4, 0.5) is 5.69 Å². The lowest BCUT2D eigenvalue weighted by Gasteiger charge is -2.23. The number of halogens is 1. The standard InChI is InChI=1S/C30H27ClN2O/c1-32-26-10-6-4-8-24(26)28(20-14-18-23(34-3)19-15-20)29-25-9-5-7-11-27(25)33(2)30(29)21-12-16-22(31)17-13-21/h4-19,28,32H,1-3H3/t28-/m0/s1. The second-order valence-corrected chi connectivity index (χ2v) is 8.83. The van der Waals surface area contributed by atoms with Crippen molar-refractivity contribution in [2.75, 3.05) is 19.5 Å². The van der Waals surface area contributed by atoms with Crippen molar-refractivity contribution in [3.8, 4) is 17.0 Å². The van der Waals surface area contributed by atoms with E-state index in [-0.39, 0.29) is 5.92 Å². The molecule has 0 aliphatic carbocycles. The SMILES string of the molecule is CNc1ccccc1[C@H](c1ccc(OC)cc1)c1c(-c2ccc(Cl)cc2)n(C)c2ccccc12. The Hall–Kier alpha value is -3.69. The third-order valence-electron chi connectivity index (χ3n) is 6.54. The summed E-state index contributed by atoms with van der Waals surface area (Å²) in [6.45, 7) is 0. The van der Waals surface area contributed by atoms with E-state index in [4.69, 9.17) is 16.3 Å². The molecule has 0 fully saturated rings. The summed E-state index contributed by atoms with van der Waals surface area (Å²) in [5, 5.41) is 5.38. The highest BCUT2D eigenvalue weighted by molar-refractivity contribution is 6.30. The highest BCUT2D eigenvalue weighted by Crippen LogP contribution is 2.45. The minimum Gasteiger partial charge on any atom is -0.497 e. The molecule has 0 amide bonds. The van der Waals surface area contributed by atoms with Crippen LogP contribution < -0.4 is 10.1 Å². The average molecular weight is 467 g/mol. The van der Waals surface area contributed by atoms with Crippen LogP contribution in [0.1, 0.15) is 22.6 Å². The predicted molar refractivity (Wildman–Crippen MR) is 143 cm³/mol. The summed E-state index contributed by atoms with van der Waals surface area (Å²) in [5.41, 5.74) is 8.33.